The van der Waals surface area contributed by atoms with E-state index in [4.69, 9.17) is 58.2 Å². The van der Waals surface area contributed by atoms with Crippen molar-refractivity contribution in [3.05, 3.63) is 226 Å². The number of unbranched alkanes of at least 4 members (excludes halogenated alkanes) is 2. The van der Waals surface area contributed by atoms with Crippen LogP contribution in [0.4, 0.5) is 49.9 Å². The number of fused-ring (bicyclic) bond motifs is 4. The first kappa shape index (κ1) is 97.4. The SMILES string of the molecule is CCCCN(c1cc(F)cc(OC)c1)c1ccc2ncc(-c3cnn(CCO)c3)nc2c1.CCCCN(c1ccc2ncc(-c3cnn(C)c3)nc2c1)c1cc(OC)ccc1OC.COc1cc(OC)cc(N(CCN2CCC(C)C2)c2ccc3ncc(-c4cnn(C)c4)nc3c2)c1.COc1cc(OC)cc(N(CCN2CCC[C@@H]2C(=O)O)c2ccc3ncc(-c4cnn(C)c4)nc3c2)c1.S. The number of halogens is 1. The quantitative estimate of drug-likeness (QED) is 0.0378. The molecule has 2 saturated heterocycles. The number of hydrogen-bond donors (Lipinski definition) is 2. The molecule has 2 N–H and O–H groups in total. The Morgan fingerprint density at radius 1 is 0.412 bits per heavy atom. The molecule has 32 nitrogen and oxygen atoms in total. The summed E-state index contributed by atoms with van der Waals surface area (Å²) in [6, 6.07) is 46.1. The van der Waals surface area contributed by atoms with Gasteiger partial charge in [-0.05, 0) is 142 Å². The van der Waals surface area contributed by atoms with E-state index in [1.807, 2.05) is 154 Å². The summed E-state index contributed by atoms with van der Waals surface area (Å²) in [6.45, 7) is 14.7. The number of aliphatic carboxylic acids is 1. The Kier molecular flexibility index (Phi) is 32.9. The van der Waals surface area contributed by atoms with E-state index < -0.39 is 12.0 Å². The van der Waals surface area contributed by atoms with E-state index in [9.17, 15) is 14.3 Å². The van der Waals surface area contributed by atoms with Gasteiger partial charge >= 0.3 is 5.97 Å². The number of carboxylic acid groups (broad SMARTS) is 1. The summed E-state index contributed by atoms with van der Waals surface area (Å²) in [5, 5.41) is 35.7. The minimum atomic E-state index is -0.768. The summed E-state index contributed by atoms with van der Waals surface area (Å²) in [5.41, 5.74) is 20.6. The number of aromatic nitrogens is 16. The van der Waals surface area contributed by atoms with Crippen molar-refractivity contribution in [1.82, 2.24) is 88.8 Å². The average Bonchev–Trinajstić information content (AvgIpc) is 1.36. The third-order valence-corrected chi connectivity index (χ3v) is 23.9. The van der Waals surface area contributed by atoms with Crippen molar-refractivity contribution in [2.24, 2.45) is 27.1 Å². The molecular formula is C102H117FN22O10S. The van der Waals surface area contributed by atoms with Gasteiger partial charge in [-0.25, -0.2) is 24.3 Å². The van der Waals surface area contributed by atoms with Gasteiger partial charge in [-0.1, -0.05) is 33.6 Å². The van der Waals surface area contributed by atoms with Crippen molar-refractivity contribution in [2.45, 2.75) is 78.3 Å². The number of carboxylic acids is 1. The van der Waals surface area contributed by atoms with E-state index in [0.717, 1.165) is 236 Å². The van der Waals surface area contributed by atoms with Gasteiger partial charge in [0.25, 0.3) is 0 Å². The maximum atomic E-state index is 14.2. The zero-order valence-electron chi connectivity index (χ0n) is 79.0. The van der Waals surface area contributed by atoms with Crippen LogP contribution < -0.4 is 52.8 Å². The molecule has 136 heavy (non-hydrogen) atoms. The Morgan fingerprint density at radius 2 is 0.809 bits per heavy atom. The lowest BCUT2D eigenvalue weighted by atomic mass is 10.1. The maximum absolute atomic E-state index is 14.2. The second-order valence-corrected chi connectivity index (χ2v) is 33.2. The Hall–Kier alpha value is -14.6. The second-order valence-electron chi connectivity index (χ2n) is 33.2. The minimum Gasteiger partial charge on any atom is -0.497 e. The molecule has 8 aromatic carbocycles. The number of aliphatic hydroxyl groups excluding tert-OH is 1. The molecule has 2 fully saturated rings. The van der Waals surface area contributed by atoms with Crippen LogP contribution >= 0.6 is 13.5 Å². The predicted octanol–water partition coefficient (Wildman–Crippen LogP) is 17.9. The minimum absolute atomic E-state index is 0. The largest absolute Gasteiger partial charge is 0.497 e. The normalized spacial score (nSPS) is 13.5. The summed E-state index contributed by atoms with van der Waals surface area (Å²) >= 11 is 0. The van der Waals surface area contributed by atoms with Gasteiger partial charge in [-0.2, -0.15) is 33.9 Å². The highest BCUT2D eigenvalue weighted by Gasteiger charge is 2.32. The highest BCUT2D eigenvalue weighted by molar-refractivity contribution is 7.59. The van der Waals surface area contributed by atoms with Gasteiger partial charge in [0.15, 0.2) is 0 Å². The van der Waals surface area contributed by atoms with Gasteiger partial charge in [-0.3, -0.25) is 48.4 Å². The molecule has 18 rings (SSSR count). The van der Waals surface area contributed by atoms with E-state index in [2.05, 4.69) is 122 Å². The van der Waals surface area contributed by atoms with Crippen molar-refractivity contribution in [3.63, 3.8) is 0 Å². The first-order valence-corrected chi connectivity index (χ1v) is 45.2. The first-order chi connectivity index (χ1) is 65.7. The number of aliphatic hydroxyl groups is 1. The Bertz CT molecular complexity index is 6690. The molecule has 0 radical (unpaired) electrons. The molecule has 2 atom stereocenters. The van der Waals surface area contributed by atoms with Crippen molar-refractivity contribution in [3.8, 4) is 85.3 Å². The summed E-state index contributed by atoms with van der Waals surface area (Å²) < 4.78 is 59.7. The molecule has 0 bridgehead atoms. The summed E-state index contributed by atoms with van der Waals surface area (Å²) in [5.74, 6) is 4.57. The molecule has 1 unspecified atom stereocenters. The molecule has 0 amide bonds. The molecule has 16 aromatic rings. The van der Waals surface area contributed by atoms with Gasteiger partial charge < -0.3 is 67.9 Å². The maximum Gasteiger partial charge on any atom is 0.320 e. The molecule has 10 heterocycles. The number of ether oxygens (including phenoxy) is 7. The lowest BCUT2D eigenvalue weighted by Gasteiger charge is -2.29. The molecule has 0 spiro atoms. The number of benzene rings is 8. The molecular weight excluding hydrogens is 1740 g/mol. The summed E-state index contributed by atoms with van der Waals surface area (Å²) in [7, 11) is 17.2. The highest BCUT2D eigenvalue weighted by atomic mass is 32.1. The number of likely N-dealkylation sites (tertiary alicyclic amines) is 2. The van der Waals surface area contributed by atoms with Crippen molar-refractivity contribution >= 4 is 109 Å². The fraction of sp³-hybridized carbons (Fsp3) is 0.324. The van der Waals surface area contributed by atoms with E-state index in [1.54, 1.807) is 105 Å². The number of anilines is 8. The van der Waals surface area contributed by atoms with Crippen LogP contribution in [0.5, 0.6) is 40.2 Å². The fourth-order valence-electron chi connectivity index (χ4n) is 16.6. The predicted molar refractivity (Wildman–Crippen MR) is 535 cm³/mol. The van der Waals surface area contributed by atoms with Crippen LogP contribution in [0.15, 0.2) is 220 Å². The molecule has 2 aliphatic rings. The summed E-state index contributed by atoms with van der Waals surface area (Å²) in [4.78, 5) is 62.9. The second kappa shape index (κ2) is 45.9. The van der Waals surface area contributed by atoms with Crippen LogP contribution in [0.3, 0.4) is 0 Å². The van der Waals surface area contributed by atoms with E-state index in [-0.39, 0.29) is 25.9 Å². The highest BCUT2D eigenvalue weighted by Crippen LogP contribution is 2.42. The molecule has 34 heteroatoms. The van der Waals surface area contributed by atoms with Crippen molar-refractivity contribution < 1.29 is 52.6 Å². The molecule has 0 aliphatic carbocycles. The van der Waals surface area contributed by atoms with Gasteiger partial charge in [0.05, 0.1) is 185 Å². The number of aryl methyl sites for hydroxylation is 3. The Labute approximate surface area is 797 Å². The van der Waals surface area contributed by atoms with E-state index in [0.29, 0.717) is 49.0 Å². The zero-order chi connectivity index (χ0) is 94.6. The first-order valence-electron chi connectivity index (χ1n) is 45.2. The van der Waals surface area contributed by atoms with E-state index in [1.165, 1.54) is 25.7 Å². The molecule has 8 aromatic heterocycles. The van der Waals surface area contributed by atoms with Crippen LogP contribution in [0.2, 0.25) is 0 Å². The molecule has 2 aliphatic heterocycles. The third-order valence-electron chi connectivity index (χ3n) is 23.9. The van der Waals surface area contributed by atoms with Gasteiger partial charge in [-0.15, -0.1) is 0 Å². The fourth-order valence-corrected chi connectivity index (χ4v) is 16.6. The lowest BCUT2D eigenvalue weighted by molar-refractivity contribution is -0.142. The average molecular weight is 1860 g/mol. The van der Waals surface area contributed by atoms with Crippen LogP contribution in [0.25, 0.3) is 89.2 Å². The number of carbonyl (C=O) groups is 1. The number of nitrogens with zero attached hydrogens (tertiary/aromatic N) is 22. The lowest BCUT2D eigenvalue weighted by Crippen LogP contribution is -2.40. The van der Waals surface area contributed by atoms with Crippen LogP contribution in [0, 0.1) is 11.7 Å². The summed E-state index contributed by atoms with van der Waals surface area (Å²) in [6.07, 6.45) is 28.7. The van der Waals surface area contributed by atoms with Gasteiger partial charge in [0, 0.05) is 208 Å². The van der Waals surface area contributed by atoms with Crippen molar-refractivity contribution in [1.29, 1.82) is 0 Å². The standard InChI is InChI=1S/C27H30N6O4.C27H32N6O2.C24H26FN5O2.C24H27N5O2.H2S/c1-31-17-18(15-29-31)25-16-28-23-7-6-19(13-24(23)30-25)33(10-9-32-8-4-5-26(32)27(34)35)20-11-21(36-2)14-22(12-20)37-3;1-19-7-8-32(17-19)9-10-33(22-11-23(34-3)14-24(12-22)35-4)21-5-6-25-26(13-21)30-27(16-28-25)20-15-29-31(2)18-20;1-3-4-7-30(20-10-18(25)11-21(12-20)32-2)19-5-6-22-23(13-19)28-24(15-26-22)17-14-27-29(16-17)8-9-31;1-5-6-11-29(23-13-19(30-3)8-10-24(23)31-4)18-7-9-20-21(12-18)27-22(15-25-20)17-14-26-28(2)16-17;/h6-7,11-17,26H,4-5,8-10H2,1-3H3,(H,34,35);5-6,11-16,18-19H,7-10,17H2,1-4H3;5-6,10-16,31H,3-4,7-9H2,1-2H3;7-10,12-16H,5-6,11H2,1-4H3;1H2/t26-;;;;/m1..../s1. The molecule has 708 valence electrons. The van der Waals surface area contributed by atoms with Crippen LogP contribution in [0.1, 0.15) is 65.7 Å². The zero-order valence-corrected chi connectivity index (χ0v) is 80.0. The number of methoxy groups -OCH3 is 7. The van der Waals surface area contributed by atoms with Crippen LogP contribution in [-0.2, 0) is 32.5 Å². The molecule has 0 saturated carbocycles. The van der Waals surface area contributed by atoms with Crippen LogP contribution in [-0.4, -0.2) is 226 Å². The number of hydrogen-bond acceptors (Lipinski definition) is 27. The van der Waals surface area contributed by atoms with E-state index >= 15 is 0 Å². The Balaban J connectivity index is 0.000000145. The van der Waals surface area contributed by atoms with Gasteiger partial charge in [0.1, 0.15) is 52.1 Å². The third kappa shape index (κ3) is 23.9. The Morgan fingerprint density at radius 3 is 1.20 bits per heavy atom. The number of rotatable bonds is 34. The van der Waals surface area contributed by atoms with Gasteiger partial charge in [0.2, 0.25) is 0 Å². The smallest absolute Gasteiger partial charge is 0.320 e. The monoisotopic (exact) mass is 1860 g/mol. The topological polar surface area (TPSA) is 316 Å². The van der Waals surface area contributed by atoms with Crippen molar-refractivity contribution in [2.75, 3.05) is 135 Å².